The summed E-state index contributed by atoms with van der Waals surface area (Å²) in [6.07, 6.45) is 0.725. The molecule has 5 heteroatoms. The second kappa shape index (κ2) is 6.11. The van der Waals surface area contributed by atoms with Gasteiger partial charge in [0.15, 0.2) is 0 Å². The van der Waals surface area contributed by atoms with E-state index in [0.717, 1.165) is 37.9 Å². The van der Waals surface area contributed by atoms with Crippen LogP contribution in [0.2, 0.25) is 0 Å². The molecule has 3 rings (SSSR count). The maximum absolute atomic E-state index is 5.96. The van der Waals surface area contributed by atoms with Gasteiger partial charge in [-0.05, 0) is 68.6 Å². The summed E-state index contributed by atoms with van der Waals surface area (Å²) in [7, 11) is 0. The molecule has 0 saturated carbocycles. The van der Waals surface area contributed by atoms with Gasteiger partial charge in [0.1, 0.15) is 5.82 Å². The Morgan fingerprint density at radius 2 is 1.86 bits per heavy atom. The zero-order valence-corrected chi connectivity index (χ0v) is 15.3. The average Bonchev–Trinajstić information content (AvgIpc) is 2.77. The molecule has 0 saturated heterocycles. The molecule has 1 aromatic heterocycles. The van der Waals surface area contributed by atoms with Crippen LogP contribution in [0.15, 0.2) is 45.3 Å². The minimum absolute atomic E-state index is 0.546. The molecule has 0 spiro atoms. The van der Waals surface area contributed by atoms with Crippen LogP contribution in [-0.4, -0.2) is 15.4 Å². The van der Waals surface area contributed by atoms with Gasteiger partial charge in [-0.2, -0.15) is 0 Å². The van der Waals surface area contributed by atoms with Crippen LogP contribution in [0.1, 0.15) is 11.4 Å². The Kier molecular flexibility index (Phi) is 4.38. The van der Waals surface area contributed by atoms with Crippen LogP contribution in [0, 0.1) is 6.92 Å². The summed E-state index contributed by atoms with van der Waals surface area (Å²) < 4.78 is 4.22. The lowest BCUT2D eigenvalue weighted by Crippen LogP contribution is -2.04. The number of aryl methyl sites for hydroxylation is 2. The van der Waals surface area contributed by atoms with Crippen molar-refractivity contribution >= 4 is 54.5 Å². The van der Waals surface area contributed by atoms with Crippen molar-refractivity contribution in [1.29, 1.82) is 0 Å². The molecule has 0 N–H and O–H groups in total. The first kappa shape index (κ1) is 15.1. The fourth-order valence-corrected chi connectivity index (χ4v) is 3.96. The number of halogens is 3. The molecule has 0 aliphatic heterocycles. The van der Waals surface area contributed by atoms with E-state index < -0.39 is 0 Å². The summed E-state index contributed by atoms with van der Waals surface area (Å²) in [5.41, 5.74) is 4.36. The maximum Gasteiger partial charge on any atom is 0.115 e. The largest absolute Gasteiger partial charge is 0.294 e. The number of imidazole rings is 1. The van der Waals surface area contributed by atoms with Crippen LogP contribution < -0.4 is 0 Å². The molecule has 0 atom stereocenters. The highest BCUT2D eigenvalue weighted by Crippen LogP contribution is 2.33. The molecule has 3 aromatic rings. The number of nitrogens with zero attached hydrogens (tertiary/aromatic N) is 2. The summed E-state index contributed by atoms with van der Waals surface area (Å²) in [4.78, 5) is 4.74. The second-order valence-electron chi connectivity index (χ2n) is 4.86. The molecule has 21 heavy (non-hydrogen) atoms. The summed E-state index contributed by atoms with van der Waals surface area (Å²) in [6.45, 7) is 2.09. The first-order valence-corrected chi connectivity index (χ1v) is 8.72. The van der Waals surface area contributed by atoms with Crippen molar-refractivity contribution < 1.29 is 0 Å². The van der Waals surface area contributed by atoms with Crippen LogP contribution in [0.3, 0.4) is 0 Å². The minimum atomic E-state index is 0.546. The molecular formula is C16H13Br2ClN2. The fraction of sp³-hybridized carbons (Fsp3) is 0.188. The number of rotatable bonds is 3. The van der Waals surface area contributed by atoms with E-state index in [1.165, 1.54) is 5.56 Å². The van der Waals surface area contributed by atoms with Gasteiger partial charge < -0.3 is 0 Å². The van der Waals surface area contributed by atoms with E-state index >= 15 is 0 Å². The molecular weight excluding hydrogens is 415 g/mol. The number of para-hydroxylation sites is 1. The Bertz CT molecular complexity index is 791. The van der Waals surface area contributed by atoms with Crippen LogP contribution in [0.25, 0.3) is 16.7 Å². The zero-order chi connectivity index (χ0) is 15.0. The van der Waals surface area contributed by atoms with Gasteiger partial charge in [0.05, 0.1) is 16.7 Å². The first-order valence-electron chi connectivity index (χ1n) is 6.60. The molecule has 0 bridgehead atoms. The molecule has 0 fully saturated rings. The van der Waals surface area contributed by atoms with Gasteiger partial charge in [0, 0.05) is 21.2 Å². The lowest BCUT2D eigenvalue weighted by atomic mass is 10.2. The highest BCUT2D eigenvalue weighted by molar-refractivity contribution is 9.11. The Labute approximate surface area is 145 Å². The van der Waals surface area contributed by atoms with Gasteiger partial charge in [0.2, 0.25) is 0 Å². The standard InChI is InChI=1S/C16H13Br2ClN2/c1-10-5-6-13-14(9-10)21(15(20-13)7-8-19)16-11(17)3-2-4-12(16)18/h2-6,9H,7-8H2,1H3. The van der Waals surface area contributed by atoms with Crippen molar-refractivity contribution in [2.45, 2.75) is 13.3 Å². The molecule has 0 amide bonds. The molecule has 1 heterocycles. The topological polar surface area (TPSA) is 17.8 Å². The van der Waals surface area contributed by atoms with Crippen molar-refractivity contribution in [3.05, 3.63) is 56.7 Å². The normalized spacial score (nSPS) is 11.2. The fourth-order valence-electron chi connectivity index (χ4n) is 2.44. The van der Waals surface area contributed by atoms with Gasteiger partial charge in [-0.25, -0.2) is 4.98 Å². The van der Waals surface area contributed by atoms with Gasteiger partial charge >= 0.3 is 0 Å². The lowest BCUT2D eigenvalue weighted by Gasteiger charge is -2.13. The van der Waals surface area contributed by atoms with Gasteiger partial charge in [-0.1, -0.05) is 12.1 Å². The van der Waals surface area contributed by atoms with Crippen molar-refractivity contribution in [3.8, 4) is 5.69 Å². The molecule has 2 nitrogen and oxygen atoms in total. The van der Waals surface area contributed by atoms with E-state index in [1.54, 1.807) is 0 Å². The highest BCUT2D eigenvalue weighted by atomic mass is 79.9. The van der Waals surface area contributed by atoms with Crippen molar-refractivity contribution in [2.24, 2.45) is 0 Å². The monoisotopic (exact) mass is 426 g/mol. The third-order valence-corrected chi connectivity index (χ3v) is 4.83. The number of fused-ring (bicyclic) bond motifs is 1. The lowest BCUT2D eigenvalue weighted by molar-refractivity contribution is 0.906. The number of alkyl halides is 1. The second-order valence-corrected chi connectivity index (χ2v) is 6.95. The predicted octanol–water partition coefficient (Wildman–Crippen LogP) is 5.64. The van der Waals surface area contributed by atoms with E-state index in [-0.39, 0.29) is 0 Å². The molecule has 0 aliphatic carbocycles. The summed E-state index contributed by atoms with van der Waals surface area (Å²) >= 11 is 13.3. The third kappa shape index (κ3) is 2.77. The first-order chi connectivity index (χ1) is 10.1. The Balaban J connectivity index is 2.38. The highest BCUT2D eigenvalue weighted by Gasteiger charge is 2.16. The minimum Gasteiger partial charge on any atom is -0.294 e. The SMILES string of the molecule is Cc1ccc2nc(CCCl)n(-c3c(Br)cccc3Br)c2c1. The quantitative estimate of drug-likeness (QED) is 0.494. The number of aromatic nitrogens is 2. The van der Waals surface area contributed by atoms with Crippen molar-refractivity contribution in [3.63, 3.8) is 0 Å². The Hall–Kier alpha value is -0.840. The van der Waals surface area contributed by atoms with E-state index in [1.807, 2.05) is 18.2 Å². The predicted molar refractivity (Wildman–Crippen MR) is 95.6 cm³/mol. The van der Waals surface area contributed by atoms with Crippen LogP contribution >= 0.6 is 43.5 Å². The number of benzene rings is 2. The summed E-state index contributed by atoms with van der Waals surface area (Å²) in [5.74, 6) is 1.52. The molecule has 0 radical (unpaired) electrons. The molecule has 2 aromatic carbocycles. The van der Waals surface area contributed by atoms with Gasteiger partial charge in [0.25, 0.3) is 0 Å². The smallest absolute Gasteiger partial charge is 0.115 e. The molecule has 0 aliphatic rings. The van der Waals surface area contributed by atoms with Gasteiger partial charge in [-0.3, -0.25) is 4.57 Å². The van der Waals surface area contributed by atoms with E-state index in [9.17, 15) is 0 Å². The van der Waals surface area contributed by atoms with Crippen molar-refractivity contribution in [1.82, 2.24) is 9.55 Å². The van der Waals surface area contributed by atoms with Gasteiger partial charge in [-0.15, -0.1) is 11.6 Å². The Morgan fingerprint density at radius 1 is 1.14 bits per heavy atom. The number of hydrogen-bond donors (Lipinski definition) is 0. The molecule has 108 valence electrons. The Morgan fingerprint density at radius 3 is 2.52 bits per heavy atom. The van der Waals surface area contributed by atoms with Crippen LogP contribution in [0.5, 0.6) is 0 Å². The summed E-state index contributed by atoms with van der Waals surface area (Å²) in [5, 5.41) is 0. The summed E-state index contributed by atoms with van der Waals surface area (Å²) in [6, 6.07) is 12.4. The molecule has 0 unspecified atom stereocenters. The van der Waals surface area contributed by atoms with E-state index in [0.29, 0.717) is 5.88 Å². The maximum atomic E-state index is 5.96. The van der Waals surface area contributed by atoms with E-state index in [2.05, 4.69) is 61.5 Å². The van der Waals surface area contributed by atoms with Crippen molar-refractivity contribution in [2.75, 3.05) is 5.88 Å². The van der Waals surface area contributed by atoms with Crippen LogP contribution in [0.4, 0.5) is 0 Å². The zero-order valence-electron chi connectivity index (χ0n) is 11.4. The van der Waals surface area contributed by atoms with Crippen LogP contribution in [-0.2, 0) is 6.42 Å². The number of hydrogen-bond acceptors (Lipinski definition) is 1. The third-order valence-electron chi connectivity index (χ3n) is 3.36. The average molecular weight is 429 g/mol. The van der Waals surface area contributed by atoms with E-state index in [4.69, 9.17) is 16.6 Å².